The third kappa shape index (κ3) is 3.40. The van der Waals surface area contributed by atoms with E-state index in [9.17, 15) is 4.79 Å². The quantitative estimate of drug-likeness (QED) is 0.909. The van der Waals surface area contributed by atoms with E-state index in [-0.39, 0.29) is 5.41 Å². The van der Waals surface area contributed by atoms with E-state index in [2.05, 4.69) is 20.8 Å². The summed E-state index contributed by atoms with van der Waals surface area (Å²) in [6.45, 7) is 8.03. The van der Waals surface area contributed by atoms with Crippen LogP contribution in [0.5, 0.6) is 5.75 Å². The Kier molecular flexibility index (Phi) is 4.45. The van der Waals surface area contributed by atoms with Crippen LogP contribution in [-0.2, 0) is 10.2 Å². The van der Waals surface area contributed by atoms with Gasteiger partial charge in [0.2, 0.25) is 0 Å². The molecule has 0 aliphatic rings. The van der Waals surface area contributed by atoms with E-state index >= 15 is 0 Å². The van der Waals surface area contributed by atoms with Crippen molar-refractivity contribution in [2.24, 2.45) is 0 Å². The second kappa shape index (κ2) is 5.51. The minimum atomic E-state index is -0.856. The van der Waals surface area contributed by atoms with Gasteiger partial charge in [-0.1, -0.05) is 26.8 Å². The lowest BCUT2D eigenvalue weighted by atomic mass is 9.86. The molecule has 106 valence electrons. The van der Waals surface area contributed by atoms with Gasteiger partial charge in [0, 0.05) is 7.05 Å². The van der Waals surface area contributed by atoms with Crippen molar-refractivity contribution in [1.29, 1.82) is 0 Å². The molecule has 0 radical (unpaired) electrons. The van der Waals surface area contributed by atoms with Gasteiger partial charge in [-0.3, -0.25) is 0 Å². The highest BCUT2D eigenvalue weighted by molar-refractivity contribution is 5.78. The molecule has 4 heteroatoms. The summed E-state index contributed by atoms with van der Waals surface area (Å²) < 4.78 is 5.33. The highest BCUT2D eigenvalue weighted by Crippen LogP contribution is 2.34. The fraction of sp³-hybridized carbons (Fsp3) is 0.533. The Morgan fingerprint density at radius 1 is 1.37 bits per heavy atom. The molecule has 0 spiro atoms. The van der Waals surface area contributed by atoms with Crippen LogP contribution in [0, 0.1) is 0 Å². The van der Waals surface area contributed by atoms with Gasteiger partial charge in [-0.2, -0.15) is 0 Å². The summed E-state index contributed by atoms with van der Waals surface area (Å²) in [5.74, 6) is -0.172. The molecule has 0 fully saturated rings. The molecule has 0 aromatic heterocycles. The average Bonchev–Trinajstić information content (AvgIpc) is 2.34. The van der Waals surface area contributed by atoms with E-state index in [1.54, 1.807) is 26.0 Å². The van der Waals surface area contributed by atoms with Crippen LogP contribution in [0.2, 0.25) is 0 Å². The van der Waals surface area contributed by atoms with E-state index in [0.29, 0.717) is 5.75 Å². The standard InChI is InChI=1S/C15H23NO3/c1-10(14(17)18)16(5)12-9-11(15(2,3)4)7-8-13(12)19-6/h7-10H,1-6H3,(H,17,18). The molecule has 0 aliphatic carbocycles. The number of nitrogens with zero attached hydrogens (tertiary/aromatic N) is 1. The third-order valence-electron chi connectivity index (χ3n) is 3.36. The van der Waals surface area contributed by atoms with Crippen LogP contribution in [0.4, 0.5) is 5.69 Å². The fourth-order valence-electron chi connectivity index (χ4n) is 1.81. The van der Waals surface area contributed by atoms with Crippen LogP contribution in [0.1, 0.15) is 33.3 Å². The number of aliphatic carboxylic acids is 1. The van der Waals surface area contributed by atoms with E-state index in [1.807, 2.05) is 18.2 Å². The Bertz CT molecular complexity index is 463. The molecule has 1 aromatic carbocycles. The zero-order valence-corrected chi connectivity index (χ0v) is 12.5. The number of likely N-dealkylation sites (N-methyl/N-ethyl adjacent to an activating group) is 1. The van der Waals surface area contributed by atoms with Crippen molar-refractivity contribution in [1.82, 2.24) is 0 Å². The minimum absolute atomic E-state index is 0.00826. The zero-order chi connectivity index (χ0) is 14.8. The summed E-state index contributed by atoms with van der Waals surface area (Å²) in [5.41, 5.74) is 1.95. The van der Waals surface area contributed by atoms with Crippen molar-refractivity contribution < 1.29 is 14.6 Å². The molecule has 1 atom stereocenters. The van der Waals surface area contributed by atoms with Gasteiger partial charge in [0.25, 0.3) is 0 Å². The molecule has 1 unspecified atom stereocenters. The number of carboxylic acids is 1. The molecule has 0 heterocycles. The van der Waals surface area contributed by atoms with Gasteiger partial charge in [0.05, 0.1) is 12.8 Å². The van der Waals surface area contributed by atoms with Crippen LogP contribution < -0.4 is 9.64 Å². The maximum atomic E-state index is 11.1. The molecule has 0 saturated carbocycles. The summed E-state index contributed by atoms with van der Waals surface area (Å²) in [6.07, 6.45) is 0. The first kappa shape index (κ1) is 15.3. The SMILES string of the molecule is COc1ccc(C(C)(C)C)cc1N(C)C(C)C(=O)O. The smallest absolute Gasteiger partial charge is 0.326 e. The molecule has 1 rings (SSSR count). The summed E-state index contributed by atoms with van der Waals surface area (Å²) in [7, 11) is 3.36. The van der Waals surface area contributed by atoms with Gasteiger partial charge in [0.15, 0.2) is 0 Å². The Labute approximate surface area is 115 Å². The van der Waals surface area contributed by atoms with Crippen molar-refractivity contribution >= 4 is 11.7 Å². The summed E-state index contributed by atoms with van der Waals surface area (Å²) in [4.78, 5) is 12.8. The molecule has 0 saturated heterocycles. The third-order valence-corrected chi connectivity index (χ3v) is 3.36. The van der Waals surface area contributed by atoms with E-state index in [1.165, 1.54) is 0 Å². The number of hydrogen-bond acceptors (Lipinski definition) is 3. The van der Waals surface area contributed by atoms with Crippen molar-refractivity contribution in [3.63, 3.8) is 0 Å². The van der Waals surface area contributed by atoms with Crippen molar-refractivity contribution in [2.45, 2.75) is 39.2 Å². The van der Waals surface area contributed by atoms with Crippen LogP contribution >= 0.6 is 0 Å². The maximum Gasteiger partial charge on any atom is 0.326 e. The number of ether oxygens (including phenoxy) is 1. The summed E-state index contributed by atoms with van der Waals surface area (Å²) in [6, 6.07) is 5.30. The first-order chi connectivity index (χ1) is 8.68. The first-order valence-electron chi connectivity index (χ1n) is 6.32. The lowest BCUT2D eigenvalue weighted by Crippen LogP contribution is -2.36. The van der Waals surface area contributed by atoms with Gasteiger partial charge in [-0.15, -0.1) is 0 Å². The second-order valence-electron chi connectivity index (χ2n) is 5.76. The molecule has 1 aromatic rings. The Hall–Kier alpha value is -1.71. The highest BCUT2D eigenvalue weighted by atomic mass is 16.5. The van der Waals surface area contributed by atoms with Crippen LogP contribution in [0.3, 0.4) is 0 Å². The summed E-state index contributed by atoms with van der Waals surface area (Å²) in [5, 5.41) is 9.12. The normalized spacial score (nSPS) is 12.9. The number of hydrogen-bond donors (Lipinski definition) is 1. The lowest BCUT2D eigenvalue weighted by Gasteiger charge is -2.28. The number of rotatable bonds is 4. The maximum absolute atomic E-state index is 11.1. The Morgan fingerprint density at radius 2 is 1.95 bits per heavy atom. The lowest BCUT2D eigenvalue weighted by molar-refractivity contribution is -0.138. The topological polar surface area (TPSA) is 49.8 Å². The molecule has 19 heavy (non-hydrogen) atoms. The Morgan fingerprint density at radius 3 is 2.37 bits per heavy atom. The molecular formula is C15H23NO3. The monoisotopic (exact) mass is 265 g/mol. The minimum Gasteiger partial charge on any atom is -0.495 e. The van der Waals surface area contributed by atoms with Gasteiger partial charge in [0.1, 0.15) is 11.8 Å². The van der Waals surface area contributed by atoms with Gasteiger partial charge in [-0.25, -0.2) is 4.79 Å². The molecule has 0 bridgehead atoms. The van der Waals surface area contributed by atoms with E-state index in [0.717, 1.165) is 11.3 Å². The van der Waals surface area contributed by atoms with Crippen molar-refractivity contribution in [3.05, 3.63) is 23.8 Å². The molecular weight excluding hydrogens is 242 g/mol. The average molecular weight is 265 g/mol. The van der Waals surface area contributed by atoms with Crippen LogP contribution in [-0.4, -0.2) is 31.3 Å². The fourth-order valence-corrected chi connectivity index (χ4v) is 1.81. The number of methoxy groups -OCH3 is 1. The van der Waals surface area contributed by atoms with E-state index in [4.69, 9.17) is 9.84 Å². The largest absolute Gasteiger partial charge is 0.495 e. The van der Waals surface area contributed by atoms with Crippen LogP contribution in [0.25, 0.3) is 0 Å². The zero-order valence-electron chi connectivity index (χ0n) is 12.5. The predicted octanol–water partition coefficient (Wildman–Crippen LogP) is 2.90. The van der Waals surface area contributed by atoms with Gasteiger partial charge >= 0.3 is 5.97 Å². The number of benzene rings is 1. The molecule has 0 aliphatic heterocycles. The number of carbonyl (C=O) groups is 1. The van der Waals surface area contributed by atoms with E-state index < -0.39 is 12.0 Å². The van der Waals surface area contributed by atoms with Crippen molar-refractivity contribution in [3.8, 4) is 5.75 Å². The molecule has 1 N–H and O–H groups in total. The first-order valence-corrected chi connectivity index (χ1v) is 6.32. The van der Waals surface area contributed by atoms with Crippen LogP contribution in [0.15, 0.2) is 18.2 Å². The molecule has 4 nitrogen and oxygen atoms in total. The van der Waals surface area contributed by atoms with Crippen molar-refractivity contribution in [2.75, 3.05) is 19.1 Å². The molecule has 0 amide bonds. The predicted molar refractivity (Wildman–Crippen MR) is 77.2 cm³/mol. The van der Waals surface area contributed by atoms with Gasteiger partial charge < -0.3 is 14.7 Å². The van der Waals surface area contributed by atoms with Gasteiger partial charge in [-0.05, 0) is 30.0 Å². The summed E-state index contributed by atoms with van der Waals surface area (Å²) >= 11 is 0. The number of carboxylic acid groups (broad SMARTS) is 1. The second-order valence-corrected chi connectivity index (χ2v) is 5.76. The highest BCUT2D eigenvalue weighted by Gasteiger charge is 2.22. The number of anilines is 1. The Balaban J connectivity index is 3.27.